The van der Waals surface area contributed by atoms with Crippen LogP contribution in [0.5, 0.6) is 0 Å². The summed E-state index contributed by atoms with van der Waals surface area (Å²) in [6.07, 6.45) is 6.33. The molecule has 0 fully saturated rings. The van der Waals surface area contributed by atoms with Gasteiger partial charge < -0.3 is 20.3 Å². The maximum atomic E-state index is 13.9. The molecule has 1 aliphatic rings. The van der Waals surface area contributed by atoms with Crippen LogP contribution in [0.15, 0.2) is 58.6 Å². The van der Waals surface area contributed by atoms with E-state index in [4.69, 9.17) is 11.6 Å². The van der Waals surface area contributed by atoms with Crippen LogP contribution in [0, 0.1) is 12.7 Å². The lowest BCUT2D eigenvalue weighted by Crippen LogP contribution is -2.36. The fourth-order valence-corrected chi connectivity index (χ4v) is 3.68. The van der Waals surface area contributed by atoms with Crippen LogP contribution >= 0.6 is 11.6 Å². The molecule has 3 heterocycles. The van der Waals surface area contributed by atoms with Gasteiger partial charge in [-0.25, -0.2) is 9.38 Å². The van der Waals surface area contributed by atoms with Crippen molar-refractivity contribution >= 4 is 29.3 Å². The third kappa shape index (κ3) is 4.30. The molecule has 10 heteroatoms. The van der Waals surface area contributed by atoms with Crippen LogP contribution < -0.4 is 16.2 Å². The molecule has 2 atom stereocenters. The summed E-state index contributed by atoms with van der Waals surface area (Å²) in [7, 11) is 1.84. The first kappa shape index (κ1) is 21.8. The number of allylic oxidation sites excluding steroid dienone is 1. The minimum absolute atomic E-state index is 0.0189. The minimum atomic E-state index is -0.736. The van der Waals surface area contributed by atoms with Gasteiger partial charge in [-0.15, -0.1) is 0 Å². The zero-order chi connectivity index (χ0) is 22.8. The van der Waals surface area contributed by atoms with Crippen molar-refractivity contribution in [2.24, 2.45) is 12.0 Å². The van der Waals surface area contributed by atoms with E-state index in [0.29, 0.717) is 16.8 Å². The van der Waals surface area contributed by atoms with Crippen molar-refractivity contribution in [1.29, 1.82) is 0 Å². The molecule has 32 heavy (non-hydrogen) atoms. The lowest BCUT2D eigenvalue weighted by molar-refractivity contribution is 0.246. The highest BCUT2D eigenvalue weighted by molar-refractivity contribution is 6.30. The number of rotatable bonds is 6. The average Bonchev–Trinajstić information content (AvgIpc) is 3.10. The highest BCUT2D eigenvalue weighted by Gasteiger charge is 2.19. The van der Waals surface area contributed by atoms with Crippen molar-refractivity contribution in [1.82, 2.24) is 19.7 Å². The summed E-state index contributed by atoms with van der Waals surface area (Å²) in [4.78, 5) is 17.2. The molecule has 1 aliphatic heterocycles. The number of nitrogens with one attached hydrogen (secondary N) is 2. The van der Waals surface area contributed by atoms with Crippen molar-refractivity contribution < 1.29 is 9.50 Å². The number of nitrogens with zero attached hydrogens (tertiary/aromatic N) is 4. The first-order chi connectivity index (χ1) is 15.4. The smallest absolute Gasteiger partial charge is 0.251 e. The number of hydrogen-bond donors (Lipinski definition) is 3. The number of aryl methyl sites for hydroxylation is 2. The average molecular weight is 457 g/mol. The number of hydrogen-bond acceptors (Lipinski definition) is 6. The summed E-state index contributed by atoms with van der Waals surface area (Å²) in [6.45, 7) is 1.58. The van der Waals surface area contributed by atoms with E-state index in [2.05, 4.69) is 20.7 Å². The number of aliphatic hydroxyl groups is 1. The Morgan fingerprint density at radius 2 is 2.16 bits per heavy atom. The molecule has 4 rings (SSSR count). The van der Waals surface area contributed by atoms with E-state index < -0.39 is 18.1 Å². The van der Waals surface area contributed by atoms with E-state index in [1.54, 1.807) is 41.5 Å². The maximum absolute atomic E-state index is 13.9. The van der Waals surface area contributed by atoms with Crippen molar-refractivity contribution in [2.75, 3.05) is 11.9 Å². The van der Waals surface area contributed by atoms with Gasteiger partial charge in [-0.3, -0.25) is 9.48 Å². The lowest BCUT2D eigenvalue weighted by atomic mass is 10.1. The first-order valence-corrected chi connectivity index (χ1v) is 10.3. The van der Waals surface area contributed by atoms with E-state index >= 15 is 0 Å². The molecular weight excluding hydrogens is 435 g/mol. The third-order valence-electron chi connectivity index (χ3n) is 5.26. The van der Waals surface area contributed by atoms with Gasteiger partial charge in [0, 0.05) is 42.3 Å². The SMILES string of the molecule is Cc1cnn(C)c1NC1N=CC=C(c2ccn([C@H](CO)c3ccc(Cl)c(F)c3)c(=O)c2)N1. The standard InChI is InChI=1S/C22H22ClFN6O2/c1-13-11-26-29(2)21(13)28-22-25-7-5-18(27-22)14-6-8-30(20(32)10-14)19(12-31)15-3-4-16(23)17(24)9-15/h3-11,19,22,27-28,31H,12H2,1-2H3/t19-,22?/m1/s1. The van der Waals surface area contributed by atoms with Crippen molar-refractivity contribution in [3.05, 3.63) is 86.7 Å². The zero-order valence-electron chi connectivity index (χ0n) is 17.5. The summed E-state index contributed by atoms with van der Waals surface area (Å²) in [5.41, 5.74) is 2.46. The molecule has 2 aromatic heterocycles. The number of aliphatic hydroxyl groups excluding tert-OH is 1. The molecule has 0 amide bonds. The summed E-state index contributed by atoms with van der Waals surface area (Å²) in [6, 6.07) is 6.69. The van der Waals surface area contributed by atoms with Crippen LogP contribution in [0.1, 0.15) is 22.7 Å². The Balaban J connectivity index is 1.56. The van der Waals surface area contributed by atoms with Crippen molar-refractivity contribution in [3.8, 4) is 0 Å². The molecule has 8 nitrogen and oxygen atoms in total. The van der Waals surface area contributed by atoms with E-state index in [0.717, 1.165) is 11.4 Å². The Morgan fingerprint density at radius 3 is 2.81 bits per heavy atom. The highest BCUT2D eigenvalue weighted by Crippen LogP contribution is 2.23. The van der Waals surface area contributed by atoms with Crippen LogP contribution in [-0.2, 0) is 7.05 Å². The molecule has 3 N–H and O–H groups in total. The highest BCUT2D eigenvalue weighted by atomic mass is 35.5. The van der Waals surface area contributed by atoms with Gasteiger partial charge in [0.25, 0.3) is 5.56 Å². The van der Waals surface area contributed by atoms with Gasteiger partial charge in [0.15, 0.2) is 6.29 Å². The first-order valence-electron chi connectivity index (χ1n) is 9.91. The Hall–Kier alpha value is -3.43. The Morgan fingerprint density at radius 1 is 1.34 bits per heavy atom. The second kappa shape index (κ2) is 8.97. The second-order valence-corrected chi connectivity index (χ2v) is 7.81. The van der Waals surface area contributed by atoms with Gasteiger partial charge >= 0.3 is 0 Å². The second-order valence-electron chi connectivity index (χ2n) is 7.40. The van der Waals surface area contributed by atoms with E-state index in [-0.39, 0.29) is 17.2 Å². The van der Waals surface area contributed by atoms with Crippen molar-refractivity contribution in [2.45, 2.75) is 19.3 Å². The van der Waals surface area contributed by atoms with E-state index in [1.807, 2.05) is 14.0 Å². The molecule has 0 saturated heterocycles. The predicted molar refractivity (Wildman–Crippen MR) is 122 cm³/mol. The number of aromatic nitrogens is 3. The number of benzene rings is 1. The zero-order valence-corrected chi connectivity index (χ0v) is 18.2. The van der Waals surface area contributed by atoms with Crippen LogP contribution in [0.4, 0.5) is 10.2 Å². The summed E-state index contributed by atoms with van der Waals surface area (Å²) in [5, 5.41) is 20.6. The topological polar surface area (TPSA) is 96.5 Å². The third-order valence-corrected chi connectivity index (χ3v) is 5.57. The molecule has 1 unspecified atom stereocenters. The van der Waals surface area contributed by atoms with Crippen molar-refractivity contribution in [3.63, 3.8) is 0 Å². The van der Waals surface area contributed by atoms with Gasteiger partial charge in [0.2, 0.25) is 0 Å². The fourth-order valence-electron chi connectivity index (χ4n) is 3.56. The molecule has 0 radical (unpaired) electrons. The molecule has 0 bridgehead atoms. The molecule has 1 aromatic carbocycles. The Labute approximate surface area is 188 Å². The fraction of sp³-hybridized carbons (Fsp3) is 0.227. The minimum Gasteiger partial charge on any atom is -0.394 e. The quantitative estimate of drug-likeness (QED) is 0.530. The van der Waals surface area contributed by atoms with Gasteiger partial charge in [0.05, 0.1) is 23.9 Å². The molecule has 3 aromatic rings. The Kier molecular flexibility index (Phi) is 6.11. The molecule has 166 valence electrons. The predicted octanol–water partition coefficient (Wildman–Crippen LogP) is 2.68. The van der Waals surface area contributed by atoms with Gasteiger partial charge in [-0.2, -0.15) is 5.10 Å². The largest absolute Gasteiger partial charge is 0.394 e. The number of aliphatic imine (C=N–C) groups is 1. The molecular formula is C22H22ClFN6O2. The monoisotopic (exact) mass is 456 g/mol. The number of pyridine rings is 1. The van der Waals surface area contributed by atoms with Gasteiger partial charge in [0.1, 0.15) is 11.6 Å². The lowest BCUT2D eigenvalue weighted by Gasteiger charge is -2.24. The number of halogens is 2. The van der Waals surface area contributed by atoms with E-state index in [9.17, 15) is 14.3 Å². The molecule has 0 saturated carbocycles. The number of anilines is 1. The van der Waals surface area contributed by atoms with Crippen LogP contribution in [0.3, 0.4) is 0 Å². The van der Waals surface area contributed by atoms with Gasteiger partial charge in [-0.05, 0) is 36.8 Å². The van der Waals surface area contributed by atoms with Crippen LogP contribution in [0.2, 0.25) is 5.02 Å². The summed E-state index contributed by atoms with van der Waals surface area (Å²) >= 11 is 5.75. The molecule has 0 spiro atoms. The molecule has 0 aliphatic carbocycles. The normalized spacial score (nSPS) is 16.4. The summed E-state index contributed by atoms with van der Waals surface area (Å²) in [5.74, 6) is 0.225. The van der Waals surface area contributed by atoms with Crippen LogP contribution in [0.25, 0.3) is 5.70 Å². The van der Waals surface area contributed by atoms with Gasteiger partial charge in [-0.1, -0.05) is 17.7 Å². The maximum Gasteiger partial charge on any atom is 0.251 e. The Bertz CT molecular complexity index is 1250. The summed E-state index contributed by atoms with van der Waals surface area (Å²) < 4.78 is 17.0. The van der Waals surface area contributed by atoms with Crippen LogP contribution in [-0.4, -0.2) is 38.6 Å². The van der Waals surface area contributed by atoms with E-state index in [1.165, 1.54) is 22.8 Å².